The Hall–Kier alpha value is -0.840. The molecule has 1 saturated carbocycles. The molecule has 152 valence electrons. The number of carboxylic acids is 2. The molecule has 26 heavy (non-hydrogen) atoms. The van der Waals surface area contributed by atoms with Crippen LogP contribution in [0, 0.1) is 0 Å². The maximum Gasteiger partial charge on any atom is 0.339 e. The third-order valence-electron chi connectivity index (χ3n) is 4.04. The standard InChI is InChI=1S/C12H24N2O10P2/c15-11(16)5-13(7-25(19,20)21)9-3-1-2-4-10(9)14(6-12(17)18)8-26(22,23)24/h9-10H,1-8H2,(H,15,16)(H,17,18)(H2,19,20,21)(H2,22,23,24). The average Bonchev–Trinajstić information content (AvgIpc) is 2.42. The average molecular weight is 418 g/mol. The Morgan fingerprint density at radius 2 is 1.08 bits per heavy atom. The highest BCUT2D eigenvalue weighted by Crippen LogP contribution is 2.41. The number of carbonyl (C=O) groups is 2. The Bertz CT molecular complexity index is 551. The second-order valence-electron chi connectivity index (χ2n) is 6.31. The maximum atomic E-state index is 11.4. The molecule has 1 rings (SSSR count). The molecular formula is C12H24N2O10P2. The zero-order valence-corrected chi connectivity index (χ0v) is 15.7. The van der Waals surface area contributed by atoms with Crippen molar-refractivity contribution in [1.82, 2.24) is 9.80 Å². The lowest BCUT2D eigenvalue weighted by Gasteiger charge is -2.44. The minimum Gasteiger partial charge on any atom is -0.480 e. The van der Waals surface area contributed by atoms with Crippen LogP contribution in [-0.4, -0.2) is 89.3 Å². The van der Waals surface area contributed by atoms with E-state index in [1.54, 1.807) is 0 Å². The van der Waals surface area contributed by atoms with Crippen LogP contribution in [0.3, 0.4) is 0 Å². The van der Waals surface area contributed by atoms with Crippen LogP contribution in [0.4, 0.5) is 0 Å². The molecule has 0 saturated heterocycles. The zero-order valence-electron chi connectivity index (χ0n) is 13.9. The molecule has 2 atom stereocenters. The topological polar surface area (TPSA) is 196 Å². The number of aliphatic carboxylic acids is 2. The lowest BCUT2D eigenvalue weighted by atomic mass is 9.88. The van der Waals surface area contributed by atoms with E-state index in [0.717, 1.165) is 9.80 Å². The molecule has 12 nitrogen and oxygen atoms in total. The second kappa shape index (κ2) is 9.38. The van der Waals surface area contributed by atoms with Gasteiger partial charge < -0.3 is 29.8 Å². The Morgan fingerprint density at radius 1 is 0.769 bits per heavy atom. The van der Waals surface area contributed by atoms with Gasteiger partial charge in [-0.15, -0.1) is 0 Å². The van der Waals surface area contributed by atoms with Gasteiger partial charge in [-0.3, -0.25) is 28.5 Å². The largest absolute Gasteiger partial charge is 0.480 e. The van der Waals surface area contributed by atoms with Gasteiger partial charge in [0.1, 0.15) is 12.6 Å². The van der Waals surface area contributed by atoms with Gasteiger partial charge in [0.25, 0.3) is 0 Å². The van der Waals surface area contributed by atoms with Crippen LogP contribution in [-0.2, 0) is 18.7 Å². The minimum absolute atomic E-state index is 0.329. The Balaban J connectivity index is 3.15. The van der Waals surface area contributed by atoms with E-state index in [2.05, 4.69) is 0 Å². The van der Waals surface area contributed by atoms with Gasteiger partial charge in [-0.25, -0.2) is 0 Å². The summed E-state index contributed by atoms with van der Waals surface area (Å²) >= 11 is 0. The molecule has 0 aromatic carbocycles. The van der Waals surface area contributed by atoms with Gasteiger partial charge in [-0.1, -0.05) is 12.8 Å². The van der Waals surface area contributed by atoms with Crippen LogP contribution in [0.25, 0.3) is 0 Å². The van der Waals surface area contributed by atoms with Crippen molar-refractivity contribution in [1.29, 1.82) is 0 Å². The summed E-state index contributed by atoms with van der Waals surface area (Å²) < 4.78 is 22.8. The van der Waals surface area contributed by atoms with Crippen LogP contribution < -0.4 is 0 Å². The normalized spacial score (nSPS) is 21.9. The lowest BCUT2D eigenvalue weighted by Crippen LogP contribution is -2.55. The van der Waals surface area contributed by atoms with Crippen LogP contribution in [0.5, 0.6) is 0 Å². The molecule has 0 heterocycles. The summed E-state index contributed by atoms with van der Waals surface area (Å²) in [6.07, 6.45) is 0.226. The van der Waals surface area contributed by atoms with E-state index in [4.69, 9.17) is 10.2 Å². The monoisotopic (exact) mass is 418 g/mol. The summed E-state index contributed by atoms with van der Waals surface area (Å²) in [5.41, 5.74) is 0. The Morgan fingerprint density at radius 3 is 1.31 bits per heavy atom. The van der Waals surface area contributed by atoms with Crippen molar-refractivity contribution in [3.63, 3.8) is 0 Å². The van der Waals surface area contributed by atoms with Crippen molar-refractivity contribution in [2.45, 2.75) is 37.8 Å². The van der Waals surface area contributed by atoms with Crippen LogP contribution in [0.15, 0.2) is 0 Å². The SMILES string of the molecule is O=C(O)CN(CP(=O)(O)O)C1CCCCC1N(CC(=O)O)CP(=O)(O)O. The van der Waals surface area contributed by atoms with E-state index in [1.165, 1.54) is 0 Å². The van der Waals surface area contributed by atoms with Gasteiger partial charge >= 0.3 is 27.1 Å². The summed E-state index contributed by atoms with van der Waals surface area (Å²) in [5.74, 6) is -2.63. The second-order valence-corrected chi connectivity index (χ2v) is 9.54. The highest BCUT2D eigenvalue weighted by Gasteiger charge is 2.39. The van der Waals surface area contributed by atoms with Crippen molar-refractivity contribution in [3.05, 3.63) is 0 Å². The molecule has 1 fully saturated rings. The van der Waals surface area contributed by atoms with Gasteiger partial charge in [0, 0.05) is 12.1 Å². The van der Waals surface area contributed by atoms with Gasteiger partial charge in [0.05, 0.1) is 13.1 Å². The van der Waals surface area contributed by atoms with Gasteiger partial charge in [0.15, 0.2) is 0 Å². The Labute approximate surface area is 149 Å². The predicted molar refractivity (Wildman–Crippen MR) is 88.5 cm³/mol. The van der Waals surface area contributed by atoms with Gasteiger partial charge in [-0.2, -0.15) is 0 Å². The fourth-order valence-corrected chi connectivity index (χ4v) is 4.87. The van der Waals surface area contributed by atoms with Crippen molar-refractivity contribution in [3.8, 4) is 0 Å². The summed E-state index contributed by atoms with van der Waals surface area (Å²) in [7, 11) is -9.19. The zero-order chi connectivity index (χ0) is 20.1. The number of nitrogens with zero attached hydrogens (tertiary/aromatic N) is 2. The summed E-state index contributed by atoms with van der Waals surface area (Å²) in [6, 6.07) is -1.50. The number of carboxylic acid groups (broad SMARTS) is 2. The first-order valence-corrected chi connectivity index (χ1v) is 11.4. The molecule has 1 aliphatic rings. The minimum atomic E-state index is -4.60. The number of hydrogen-bond donors (Lipinski definition) is 6. The molecule has 0 aromatic heterocycles. The molecule has 0 radical (unpaired) electrons. The third-order valence-corrected chi connectivity index (χ3v) is 5.50. The third kappa shape index (κ3) is 8.70. The Kier molecular flexibility index (Phi) is 8.37. The highest BCUT2D eigenvalue weighted by atomic mass is 31.2. The molecule has 14 heteroatoms. The van der Waals surface area contributed by atoms with Crippen molar-refractivity contribution >= 4 is 27.1 Å². The first-order chi connectivity index (χ1) is 11.8. The van der Waals surface area contributed by atoms with Crippen LogP contribution in [0.1, 0.15) is 25.7 Å². The van der Waals surface area contributed by atoms with Gasteiger partial charge in [0.2, 0.25) is 0 Å². The maximum absolute atomic E-state index is 11.4. The van der Waals surface area contributed by atoms with E-state index >= 15 is 0 Å². The van der Waals surface area contributed by atoms with Crippen molar-refractivity contribution in [2.75, 3.05) is 25.7 Å². The molecule has 2 unspecified atom stereocenters. The molecular weight excluding hydrogens is 394 g/mol. The van der Waals surface area contributed by atoms with Gasteiger partial charge in [-0.05, 0) is 12.8 Å². The quantitative estimate of drug-likeness (QED) is 0.245. The first kappa shape index (κ1) is 23.2. The van der Waals surface area contributed by atoms with E-state index in [9.17, 15) is 38.3 Å². The fraction of sp³-hybridized carbons (Fsp3) is 0.833. The van der Waals surface area contributed by atoms with E-state index < -0.39 is 64.9 Å². The lowest BCUT2D eigenvalue weighted by molar-refractivity contribution is -0.142. The van der Waals surface area contributed by atoms with E-state index in [1.807, 2.05) is 0 Å². The molecule has 0 amide bonds. The van der Waals surface area contributed by atoms with E-state index in [-0.39, 0.29) is 0 Å². The summed E-state index contributed by atoms with van der Waals surface area (Å²) in [6.45, 7) is -1.35. The van der Waals surface area contributed by atoms with Crippen LogP contribution in [0.2, 0.25) is 0 Å². The molecule has 0 bridgehead atoms. The van der Waals surface area contributed by atoms with Crippen LogP contribution >= 0.6 is 15.2 Å². The van der Waals surface area contributed by atoms with Crippen molar-refractivity contribution in [2.24, 2.45) is 0 Å². The van der Waals surface area contributed by atoms with Crippen molar-refractivity contribution < 1.29 is 48.5 Å². The summed E-state index contributed by atoms with van der Waals surface area (Å²) in [5, 5.41) is 18.1. The number of rotatable bonds is 10. The smallest absolute Gasteiger partial charge is 0.339 e. The first-order valence-electron chi connectivity index (χ1n) is 7.79. The molecule has 6 N–H and O–H groups in total. The van der Waals surface area contributed by atoms with E-state index in [0.29, 0.717) is 25.7 Å². The highest BCUT2D eigenvalue weighted by molar-refractivity contribution is 7.51. The molecule has 0 spiro atoms. The summed E-state index contributed by atoms with van der Waals surface area (Å²) in [4.78, 5) is 61.2. The number of hydrogen-bond acceptors (Lipinski definition) is 6. The molecule has 1 aliphatic carbocycles. The molecule has 0 aromatic rings. The molecule has 0 aliphatic heterocycles. The fourth-order valence-electron chi connectivity index (χ4n) is 3.31. The predicted octanol–water partition coefficient (Wildman–Crippen LogP) is -0.659.